The van der Waals surface area contributed by atoms with Crippen LogP contribution in [-0.4, -0.2) is 19.0 Å². The summed E-state index contributed by atoms with van der Waals surface area (Å²) in [6, 6.07) is 16.0. The Morgan fingerprint density at radius 3 is 2.55 bits per heavy atom. The number of amides is 1. The lowest BCUT2D eigenvalue weighted by molar-refractivity contribution is 0.0981. The zero-order valence-electron chi connectivity index (χ0n) is 11.8. The van der Waals surface area contributed by atoms with Gasteiger partial charge in [-0.25, -0.2) is 0 Å². The summed E-state index contributed by atoms with van der Waals surface area (Å²) in [4.78, 5) is 14.6. The molecule has 3 rings (SSSR count). The van der Waals surface area contributed by atoms with Crippen molar-refractivity contribution in [3.63, 3.8) is 0 Å². The molecule has 1 aliphatic rings. The van der Waals surface area contributed by atoms with E-state index in [9.17, 15) is 4.79 Å². The minimum atomic E-state index is 0.0742. The molecule has 1 unspecified atom stereocenters. The Hall–Kier alpha value is -2.29. The molecule has 2 aromatic rings. The highest BCUT2D eigenvalue weighted by molar-refractivity contribution is 6.07. The molecular formula is C17H18N2O. The number of nitrogens with zero attached hydrogens (tertiary/aromatic N) is 1. The van der Waals surface area contributed by atoms with Crippen LogP contribution in [0.5, 0.6) is 0 Å². The van der Waals surface area contributed by atoms with Gasteiger partial charge in [0.1, 0.15) is 0 Å². The van der Waals surface area contributed by atoms with E-state index in [4.69, 9.17) is 0 Å². The van der Waals surface area contributed by atoms with Gasteiger partial charge >= 0.3 is 0 Å². The number of fused-ring (bicyclic) bond motifs is 1. The average Bonchev–Trinajstić information content (AvgIpc) is 2.82. The highest BCUT2D eigenvalue weighted by Gasteiger charge is 2.30. The molecule has 1 heterocycles. The van der Waals surface area contributed by atoms with E-state index in [1.807, 2.05) is 54.4 Å². The third kappa shape index (κ3) is 2.05. The Kier molecular flexibility index (Phi) is 3.18. The van der Waals surface area contributed by atoms with E-state index in [-0.39, 0.29) is 11.9 Å². The van der Waals surface area contributed by atoms with Gasteiger partial charge in [0.25, 0.3) is 5.91 Å². The first kappa shape index (κ1) is 12.7. The van der Waals surface area contributed by atoms with Gasteiger partial charge in [-0.15, -0.1) is 0 Å². The molecular weight excluding hydrogens is 248 g/mol. The number of carbonyl (C=O) groups excluding carboxylic acids is 1. The van der Waals surface area contributed by atoms with Crippen LogP contribution in [-0.2, 0) is 6.42 Å². The van der Waals surface area contributed by atoms with E-state index in [2.05, 4.69) is 18.3 Å². The van der Waals surface area contributed by atoms with Crippen molar-refractivity contribution in [2.24, 2.45) is 0 Å². The topological polar surface area (TPSA) is 32.3 Å². The molecule has 102 valence electrons. The van der Waals surface area contributed by atoms with E-state index >= 15 is 0 Å². The van der Waals surface area contributed by atoms with Crippen LogP contribution in [0.2, 0.25) is 0 Å². The molecule has 1 N–H and O–H groups in total. The summed E-state index contributed by atoms with van der Waals surface area (Å²) < 4.78 is 0. The van der Waals surface area contributed by atoms with Gasteiger partial charge < -0.3 is 10.2 Å². The van der Waals surface area contributed by atoms with Gasteiger partial charge in [0.15, 0.2) is 0 Å². The Morgan fingerprint density at radius 1 is 1.15 bits per heavy atom. The maximum atomic E-state index is 12.7. The van der Waals surface area contributed by atoms with Crippen LogP contribution in [0.25, 0.3) is 0 Å². The van der Waals surface area contributed by atoms with Crippen molar-refractivity contribution in [2.75, 3.05) is 17.3 Å². The summed E-state index contributed by atoms with van der Waals surface area (Å²) in [6.07, 6.45) is 0.927. The fraction of sp³-hybridized carbons (Fsp3) is 0.235. The van der Waals surface area contributed by atoms with Gasteiger partial charge in [-0.05, 0) is 49.2 Å². The lowest BCUT2D eigenvalue weighted by Crippen LogP contribution is -2.35. The number of benzene rings is 2. The summed E-state index contributed by atoms with van der Waals surface area (Å²) in [5, 5.41) is 3.06. The molecule has 2 aromatic carbocycles. The van der Waals surface area contributed by atoms with Crippen molar-refractivity contribution in [3.05, 3.63) is 59.7 Å². The summed E-state index contributed by atoms with van der Waals surface area (Å²) in [7, 11) is 1.87. The van der Waals surface area contributed by atoms with E-state index in [0.717, 1.165) is 23.4 Å². The molecule has 0 radical (unpaired) electrons. The van der Waals surface area contributed by atoms with E-state index in [1.54, 1.807) is 0 Å². The summed E-state index contributed by atoms with van der Waals surface area (Å²) in [5.41, 5.74) is 4.03. The van der Waals surface area contributed by atoms with Gasteiger partial charge in [-0.2, -0.15) is 0 Å². The van der Waals surface area contributed by atoms with E-state index in [0.29, 0.717) is 0 Å². The zero-order valence-corrected chi connectivity index (χ0v) is 11.8. The predicted octanol–water partition coefficient (Wildman–Crippen LogP) is 3.32. The molecule has 20 heavy (non-hydrogen) atoms. The van der Waals surface area contributed by atoms with Crippen LogP contribution in [0, 0.1) is 0 Å². The Morgan fingerprint density at radius 2 is 1.85 bits per heavy atom. The molecule has 0 fully saturated rings. The third-order valence-electron chi connectivity index (χ3n) is 3.85. The van der Waals surface area contributed by atoms with Gasteiger partial charge in [-0.3, -0.25) is 4.79 Å². The van der Waals surface area contributed by atoms with Gasteiger partial charge in [0.05, 0.1) is 0 Å². The third-order valence-corrected chi connectivity index (χ3v) is 3.85. The molecule has 3 nitrogen and oxygen atoms in total. The fourth-order valence-corrected chi connectivity index (χ4v) is 2.79. The summed E-state index contributed by atoms with van der Waals surface area (Å²) >= 11 is 0. The van der Waals surface area contributed by atoms with E-state index < -0.39 is 0 Å². The molecule has 1 atom stereocenters. The van der Waals surface area contributed by atoms with Crippen molar-refractivity contribution < 1.29 is 4.79 Å². The van der Waals surface area contributed by atoms with Crippen molar-refractivity contribution in [3.8, 4) is 0 Å². The van der Waals surface area contributed by atoms with Crippen LogP contribution >= 0.6 is 0 Å². The number of nitrogens with one attached hydrogen (secondary N) is 1. The van der Waals surface area contributed by atoms with Crippen LogP contribution in [0.4, 0.5) is 11.4 Å². The highest BCUT2D eigenvalue weighted by Crippen LogP contribution is 2.33. The minimum absolute atomic E-state index is 0.0742. The molecule has 1 aliphatic heterocycles. The van der Waals surface area contributed by atoms with Gasteiger partial charge in [0.2, 0.25) is 0 Å². The second-order valence-electron chi connectivity index (χ2n) is 5.18. The van der Waals surface area contributed by atoms with Crippen LogP contribution in [0.3, 0.4) is 0 Å². The predicted molar refractivity (Wildman–Crippen MR) is 82.4 cm³/mol. The lowest BCUT2D eigenvalue weighted by Gasteiger charge is -2.23. The maximum Gasteiger partial charge on any atom is 0.258 e. The minimum Gasteiger partial charge on any atom is -0.388 e. The van der Waals surface area contributed by atoms with Crippen molar-refractivity contribution >= 4 is 17.3 Å². The number of hydrogen-bond donors (Lipinski definition) is 1. The standard InChI is InChI=1S/C17H18N2O/c1-12-11-14-5-3-4-6-16(14)19(12)17(20)13-7-9-15(18-2)10-8-13/h3-10,12,18H,11H2,1-2H3. The summed E-state index contributed by atoms with van der Waals surface area (Å²) in [6.45, 7) is 2.10. The fourth-order valence-electron chi connectivity index (χ4n) is 2.79. The molecule has 0 saturated heterocycles. The Bertz CT molecular complexity index is 634. The number of rotatable bonds is 2. The number of hydrogen-bond acceptors (Lipinski definition) is 2. The monoisotopic (exact) mass is 266 g/mol. The number of para-hydroxylation sites is 1. The Balaban J connectivity index is 1.94. The van der Waals surface area contributed by atoms with Crippen LogP contribution in [0.1, 0.15) is 22.8 Å². The average molecular weight is 266 g/mol. The molecule has 0 spiro atoms. The molecule has 0 aliphatic carbocycles. The van der Waals surface area contributed by atoms with E-state index in [1.165, 1.54) is 5.56 Å². The second-order valence-corrected chi connectivity index (χ2v) is 5.18. The highest BCUT2D eigenvalue weighted by atomic mass is 16.2. The van der Waals surface area contributed by atoms with Crippen molar-refractivity contribution in [1.82, 2.24) is 0 Å². The molecule has 1 amide bonds. The van der Waals surface area contributed by atoms with Crippen LogP contribution in [0.15, 0.2) is 48.5 Å². The summed E-state index contributed by atoms with van der Waals surface area (Å²) in [5.74, 6) is 0.0742. The zero-order chi connectivity index (χ0) is 14.1. The van der Waals surface area contributed by atoms with Crippen molar-refractivity contribution in [2.45, 2.75) is 19.4 Å². The van der Waals surface area contributed by atoms with Crippen LogP contribution < -0.4 is 10.2 Å². The SMILES string of the molecule is CNc1ccc(C(=O)N2c3ccccc3CC2C)cc1. The molecule has 0 aromatic heterocycles. The molecule has 0 saturated carbocycles. The lowest BCUT2D eigenvalue weighted by atomic mass is 10.1. The normalized spacial score (nSPS) is 16.9. The molecule has 3 heteroatoms. The number of anilines is 2. The smallest absolute Gasteiger partial charge is 0.258 e. The largest absolute Gasteiger partial charge is 0.388 e. The first-order valence-corrected chi connectivity index (χ1v) is 6.90. The quantitative estimate of drug-likeness (QED) is 0.904. The first-order chi connectivity index (χ1) is 9.70. The second kappa shape index (κ2) is 5.00. The van der Waals surface area contributed by atoms with Crippen molar-refractivity contribution in [1.29, 1.82) is 0 Å². The van der Waals surface area contributed by atoms with Gasteiger partial charge in [0, 0.05) is 30.0 Å². The molecule has 0 bridgehead atoms. The number of carbonyl (C=O) groups is 1. The maximum absolute atomic E-state index is 12.7. The van der Waals surface area contributed by atoms with Gasteiger partial charge in [-0.1, -0.05) is 18.2 Å². The first-order valence-electron chi connectivity index (χ1n) is 6.90. The Labute approximate surface area is 119 Å².